The van der Waals surface area contributed by atoms with Crippen LogP contribution in [-0.2, 0) is 16.1 Å². The predicted molar refractivity (Wildman–Crippen MR) is 155 cm³/mol. The van der Waals surface area contributed by atoms with Gasteiger partial charge in [-0.2, -0.15) is 0 Å². The maximum atomic E-state index is 13.3. The van der Waals surface area contributed by atoms with E-state index in [9.17, 15) is 19.2 Å². The number of carbonyl (C=O) groups is 4. The van der Waals surface area contributed by atoms with Crippen LogP contribution in [0.3, 0.4) is 0 Å². The highest BCUT2D eigenvalue weighted by molar-refractivity contribution is 9.15. The zero-order valence-electron chi connectivity index (χ0n) is 19.8. The standard InChI is InChI=1S/C27H18Br4N2O5/c1-13-9-16(38-27(37)15-10-18(34)32(12-15)11-14-5-3-2-4-6-14)7-8-17(13)33-25(35)19-20(26(33)36)22(29)24(31)23(30)21(19)28/h2-9,15H,10-12H2,1H3/t15-/m1/s1. The lowest BCUT2D eigenvalue weighted by atomic mass is 10.1. The zero-order chi connectivity index (χ0) is 27.3. The highest BCUT2D eigenvalue weighted by atomic mass is 79.9. The van der Waals surface area contributed by atoms with Crippen molar-refractivity contribution in [2.24, 2.45) is 5.92 Å². The molecule has 3 aromatic carbocycles. The van der Waals surface area contributed by atoms with Gasteiger partial charge in [-0.25, -0.2) is 4.90 Å². The molecule has 194 valence electrons. The number of anilines is 1. The molecule has 1 saturated heterocycles. The summed E-state index contributed by atoms with van der Waals surface area (Å²) in [7, 11) is 0. The van der Waals surface area contributed by atoms with Crippen molar-refractivity contribution in [3.63, 3.8) is 0 Å². The molecule has 0 unspecified atom stereocenters. The number of fused-ring (bicyclic) bond motifs is 1. The summed E-state index contributed by atoms with van der Waals surface area (Å²) in [6, 6.07) is 14.3. The third kappa shape index (κ3) is 4.78. The minimum absolute atomic E-state index is 0.0899. The third-order valence-corrected chi connectivity index (χ3v) is 11.3. The fraction of sp³-hybridized carbons (Fsp3) is 0.185. The van der Waals surface area contributed by atoms with Crippen LogP contribution in [0.25, 0.3) is 0 Å². The van der Waals surface area contributed by atoms with Gasteiger partial charge in [0.25, 0.3) is 11.8 Å². The Bertz CT molecular complexity index is 1480. The molecule has 0 radical (unpaired) electrons. The van der Waals surface area contributed by atoms with E-state index in [-0.39, 0.29) is 35.7 Å². The molecule has 0 spiro atoms. The maximum Gasteiger partial charge on any atom is 0.316 e. The maximum absolute atomic E-state index is 13.3. The van der Waals surface area contributed by atoms with Gasteiger partial charge < -0.3 is 9.64 Å². The Morgan fingerprint density at radius 3 is 2.08 bits per heavy atom. The number of carbonyl (C=O) groups excluding carboxylic acids is 4. The molecule has 38 heavy (non-hydrogen) atoms. The van der Waals surface area contributed by atoms with E-state index in [2.05, 4.69) is 63.7 Å². The number of benzene rings is 3. The molecule has 0 bridgehead atoms. The molecule has 0 aromatic heterocycles. The number of imide groups is 1. The van der Waals surface area contributed by atoms with E-state index in [1.807, 2.05) is 30.3 Å². The van der Waals surface area contributed by atoms with Crippen molar-refractivity contribution >= 4 is 93.1 Å². The van der Waals surface area contributed by atoms with Crippen molar-refractivity contribution in [2.45, 2.75) is 19.9 Å². The van der Waals surface area contributed by atoms with Gasteiger partial charge in [-0.15, -0.1) is 0 Å². The number of halogens is 4. The molecule has 2 aliphatic heterocycles. The minimum Gasteiger partial charge on any atom is -0.426 e. The van der Waals surface area contributed by atoms with E-state index in [4.69, 9.17) is 4.74 Å². The van der Waals surface area contributed by atoms with Gasteiger partial charge in [0.1, 0.15) is 5.75 Å². The number of nitrogens with zero attached hydrogens (tertiary/aromatic N) is 2. The summed E-state index contributed by atoms with van der Waals surface area (Å²) in [5.41, 5.74) is 2.44. The van der Waals surface area contributed by atoms with Gasteiger partial charge in [-0.1, -0.05) is 30.3 Å². The van der Waals surface area contributed by atoms with Gasteiger partial charge in [-0.05, 0) is 100.0 Å². The molecule has 5 rings (SSSR count). The smallest absolute Gasteiger partial charge is 0.316 e. The molecule has 11 heteroatoms. The van der Waals surface area contributed by atoms with Crippen LogP contribution >= 0.6 is 63.7 Å². The topological polar surface area (TPSA) is 84.0 Å². The number of amides is 3. The fourth-order valence-electron chi connectivity index (χ4n) is 4.60. The van der Waals surface area contributed by atoms with Crippen molar-refractivity contribution in [2.75, 3.05) is 11.4 Å². The Morgan fingerprint density at radius 2 is 1.50 bits per heavy atom. The van der Waals surface area contributed by atoms with Gasteiger partial charge in [0.2, 0.25) is 5.91 Å². The van der Waals surface area contributed by atoms with Gasteiger partial charge >= 0.3 is 5.97 Å². The van der Waals surface area contributed by atoms with Gasteiger partial charge in [0, 0.05) is 37.4 Å². The summed E-state index contributed by atoms with van der Waals surface area (Å²) in [5, 5.41) is 0. The second kappa shape index (κ2) is 10.7. The van der Waals surface area contributed by atoms with E-state index in [0.29, 0.717) is 35.7 Å². The van der Waals surface area contributed by atoms with Crippen LogP contribution in [0.15, 0.2) is 66.4 Å². The van der Waals surface area contributed by atoms with Gasteiger partial charge in [0.05, 0.1) is 22.7 Å². The van der Waals surface area contributed by atoms with Crippen molar-refractivity contribution in [1.29, 1.82) is 0 Å². The third-order valence-electron chi connectivity index (χ3n) is 6.49. The van der Waals surface area contributed by atoms with Gasteiger partial charge in [0.15, 0.2) is 0 Å². The molecule has 0 N–H and O–H groups in total. The molecule has 3 aromatic rings. The highest BCUT2D eigenvalue weighted by Gasteiger charge is 2.42. The molecule has 2 heterocycles. The number of rotatable bonds is 5. The Hall–Kier alpha value is -2.34. The first kappa shape index (κ1) is 27.2. The Morgan fingerprint density at radius 1 is 0.895 bits per heavy atom. The zero-order valence-corrected chi connectivity index (χ0v) is 26.1. The van der Waals surface area contributed by atoms with Crippen molar-refractivity contribution < 1.29 is 23.9 Å². The lowest BCUT2D eigenvalue weighted by molar-refractivity contribution is -0.139. The molecule has 3 amide bonds. The van der Waals surface area contributed by atoms with Crippen molar-refractivity contribution in [3.05, 3.63) is 88.7 Å². The summed E-state index contributed by atoms with van der Waals surface area (Å²) < 4.78 is 7.76. The van der Waals surface area contributed by atoms with Crippen LogP contribution in [-0.4, -0.2) is 35.1 Å². The summed E-state index contributed by atoms with van der Waals surface area (Å²) in [6.45, 7) is 2.46. The van der Waals surface area contributed by atoms with Crippen LogP contribution in [0.2, 0.25) is 0 Å². The largest absolute Gasteiger partial charge is 0.426 e. The van der Waals surface area contributed by atoms with Gasteiger partial charge in [-0.3, -0.25) is 19.2 Å². The number of hydrogen-bond acceptors (Lipinski definition) is 5. The predicted octanol–water partition coefficient (Wildman–Crippen LogP) is 6.80. The molecule has 2 aliphatic rings. The van der Waals surface area contributed by atoms with E-state index >= 15 is 0 Å². The first-order chi connectivity index (χ1) is 18.1. The molecule has 1 fully saturated rings. The average Bonchev–Trinajstić information content (AvgIpc) is 3.38. The van der Waals surface area contributed by atoms with E-state index in [0.717, 1.165) is 10.5 Å². The van der Waals surface area contributed by atoms with Crippen LogP contribution in [0, 0.1) is 12.8 Å². The quantitative estimate of drug-likeness (QED) is 0.0938. The molecule has 0 saturated carbocycles. The first-order valence-electron chi connectivity index (χ1n) is 11.5. The Kier molecular flexibility index (Phi) is 7.65. The molecular weight excluding hydrogens is 752 g/mol. The summed E-state index contributed by atoms with van der Waals surface area (Å²) in [4.78, 5) is 54.7. The lowest BCUT2D eigenvalue weighted by Crippen LogP contribution is -2.30. The highest BCUT2D eigenvalue weighted by Crippen LogP contribution is 2.46. The van der Waals surface area contributed by atoms with Crippen molar-refractivity contribution in [1.82, 2.24) is 4.90 Å². The fourth-order valence-corrected chi connectivity index (χ4v) is 7.05. The average molecular weight is 770 g/mol. The lowest BCUT2D eigenvalue weighted by Gasteiger charge is -2.18. The number of ether oxygens (including phenoxy) is 1. The molecule has 1 atom stereocenters. The SMILES string of the molecule is Cc1cc(OC(=O)[C@@H]2CC(=O)N(Cc3ccccc3)C2)ccc1N1C(=O)c2c(Br)c(Br)c(Br)c(Br)c2C1=O. The number of likely N-dealkylation sites (tertiary alicyclic amines) is 1. The molecule has 7 nitrogen and oxygen atoms in total. The second-order valence-electron chi connectivity index (χ2n) is 8.98. The van der Waals surface area contributed by atoms with E-state index in [1.165, 1.54) is 6.07 Å². The molecular formula is C27H18Br4N2O5. The van der Waals surface area contributed by atoms with Crippen LogP contribution in [0.4, 0.5) is 5.69 Å². The second-order valence-corrected chi connectivity index (χ2v) is 12.2. The molecule has 0 aliphatic carbocycles. The van der Waals surface area contributed by atoms with E-state index in [1.54, 1.807) is 24.0 Å². The van der Waals surface area contributed by atoms with Crippen LogP contribution < -0.4 is 9.64 Å². The Labute approximate surface area is 252 Å². The Balaban J connectivity index is 1.32. The number of aryl methyl sites for hydroxylation is 1. The number of esters is 1. The summed E-state index contributed by atoms with van der Waals surface area (Å²) in [6.07, 6.45) is 0.0899. The minimum atomic E-state index is -0.575. The number of hydrogen-bond donors (Lipinski definition) is 0. The normalized spacial score (nSPS) is 16.9. The summed E-state index contributed by atoms with van der Waals surface area (Å²) >= 11 is 13.7. The first-order valence-corrected chi connectivity index (χ1v) is 14.6. The van der Waals surface area contributed by atoms with Crippen molar-refractivity contribution in [3.8, 4) is 5.75 Å². The van der Waals surface area contributed by atoms with E-state index < -0.39 is 23.7 Å². The monoisotopic (exact) mass is 766 g/mol. The summed E-state index contributed by atoms with van der Waals surface area (Å²) in [5.74, 6) is -1.83. The van der Waals surface area contributed by atoms with Crippen LogP contribution in [0.1, 0.15) is 38.3 Å². The van der Waals surface area contributed by atoms with Crippen LogP contribution in [0.5, 0.6) is 5.75 Å².